The largest absolute Gasteiger partial charge is 0.395 e. The van der Waals surface area contributed by atoms with Crippen molar-refractivity contribution in [2.45, 2.75) is 25.3 Å². The van der Waals surface area contributed by atoms with Crippen LogP contribution in [0.25, 0.3) is 0 Å². The van der Waals surface area contributed by atoms with E-state index in [1.54, 1.807) is 0 Å². The highest BCUT2D eigenvalue weighted by atomic mass is 16.3. The number of aliphatic hydroxyl groups excluding tert-OH is 1. The number of hydrogen-bond donors (Lipinski definition) is 1. The zero-order chi connectivity index (χ0) is 10.8. The van der Waals surface area contributed by atoms with Gasteiger partial charge in [-0.2, -0.15) is 0 Å². The number of likely N-dealkylation sites (N-methyl/N-ethyl adjacent to an activating group) is 1. The number of carbonyl (C=O) groups is 1. The molecule has 1 N–H and O–H groups in total. The van der Waals surface area contributed by atoms with Crippen molar-refractivity contribution >= 4 is 5.91 Å². The molecule has 1 atom stereocenters. The van der Waals surface area contributed by atoms with E-state index in [0.717, 1.165) is 32.4 Å². The molecule has 1 aliphatic carbocycles. The molecule has 15 heavy (non-hydrogen) atoms. The van der Waals surface area contributed by atoms with Gasteiger partial charge in [0, 0.05) is 31.6 Å². The first-order chi connectivity index (χ1) is 7.22. The average molecular weight is 212 g/mol. The monoisotopic (exact) mass is 212 g/mol. The first-order valence-corrected chi connectivity index (χ1v) is 5.82. The maximum atomic E-state index is 11.8. The summed E-state index contributed by atoms with van der Waals surface area (Å²) in [5.74, 6) is 0.708. The van der Waals surface area contributed by atoms with Gasteiger partial charge in [0.15, 0.2) is 0 Å². The summed E-state index contributed by atoms with van der Waals surface area (Å²) in [5, 5.41) is 8.79. The maximum absolute atomic E-state index is 11.8. The highest BCUT2D eigenvalue weighted by Gasteiger charge is 2.40. The quantitative estimate of drug-likeness (QED) is 0.693. The maximum Gasteiger partial charge on any atom is 0.225 e. The molecule has 2 fully saturated rings. The van der Waals surface area contributed by atoms with E-state index in [2.05, 4.69) is 4.90 Å². The van der Waals surface area contributed by atoms with Crippen LogP contribution in [0.4, 0.5) is 0 Å². The molecule has 2 aliphatic rings. The van der Waals surface area contributed by atoms with E-state index in [4.69, 9.17) is 5.11 Å². The summed E-state index contributed by atoms with van der Waals surface area (Å²) >= 11 is 0. The standard InChI is InChI=1S/C11H20N2O2/c1-12(6-7-14)8-10-4-5-13(10)11(15)9-2-3-9/h9-10,14H,2-8H2,1H3. The molecule has 86 valence electrons. The van der Waals surface area contributed by atoms with Crippen LogP contribution in [0, 0.1) is 5.92 Å². The SMILES string of the molecule is CN(CCO)CC1CCN1C(=O)C1CC1. The molecule has 1 amide bonds. The predicted molar refractivity (Wildman–Crippen MR) is 57.4 cm³/mol. The summed E-state index contributed by atoms with van der Waals surface area (Å²) in [5.41, 5.74) is 0. The van der Waals surface area contributed by atoms with Gasteiger partial charge in [-0.15, -0.1) is 0 Å². The fraction of sp³-hybridized carbons (Fsp3) is 0.909. The Bertz CT molecular complexity index is 241. The van der Waals surface area contributed by atoms with Crippen LogP contribution in [-0.2, 0) is 4.79 Å². The number of rotatable bonds is 5. The minimum Gasteiger partial charge on any atom is -0.395 e. The van der Waals surface area contributed by atoms with Crippen LogP contribution >= 0.6 is 0 Å². The smallest absolute Gasteiger partial charge is 0.225 e. The van der Waals surface area contributed by atoms with Gasteiger partial charge >= 0.3 is 0 Å². The van der Waals surface area contributed by atoms with E-state index in [1.807, 2.05) is 11.9 Å². The Labute approximate surface area is 90.9 Å². The molecule has 0 radical (unpaired) electrons. The van der Waals surface area contributed by atoms with Gasteiger partial charge in [0.05, 0.1) is 6.61 Å². The number of carbonyl (C=O) groups excluding carboxylic acids is 1. The van der Waals surface area contributed by atoms with Crippen molar-refractivity contribution in [1.82, 2.24) is 9.80 Å². The molecule has 1 saturated heterocycles. The third kappa shape index (κ3) is 2.49. The third-order valence-corrected chi connectivity index (χ3v) is 3.36. The normalized spacial score (nSPS) is 25.5. The Kier molecular flexibility index (Phi) is 3.26. The Morgan fingerprint density at radius 3 is 2.67 bits per heavy atom. The van der Waals surface area contributed by atoms with Crippen LogP contribution in [0.5, 0.6) is 0 Å². The number of hydrogen-bond acceptors (Lipinski definition) is 3. The lowest BCUT2D eigenvalue weighted by Gasteiger charge is -2.43. The summed E-state index contributed by atoms with van der Waals surface area (Å²) in [6.07, 6.45) is 3.30. The zero-order valence-electron chi connectivity index (χ0n) is 9.35. The molecule has 0 aromatic heterocycles. The number of nitrogens with zero attached hydrogens (tertiary/aromatic N) is 2. The Hall–Kier alpha value is -0.610. The Balaban J connectivity index is 1.75. The lowest BCUT2D eigenvalue weighted by atomic mass is 10.0. The van der Waals surface area contributed by atoms with Gasteiger partial charge in [-0.25, -0.2) is 0 Å². The molecule has 1 saturated carbocycles. The minimum absolute atomic E-state index is 0.194. The van der Waals surface area contributed by atoms with Crippen molar-refractivity contribution in [1.29, 1.82) is 0 Å². The number of amides is 1. The van der Waals surface area contributed by atoms with Gasteiger partial charge in [-0.3, -0.25) is 4.79 Å². The van der Waals surface area contributed by atoms with Crippen LogP contribution in [0.3, 0.4) is 0 Å². The number of likely N-dealkylation sites (tertiary alicyclic amines) is 1. The molecular formula is C11H20N2O2. The molecule has 0 bridgehead atoms. The molecule has 4 heteroatoms. The number of aliphatic hydroxyl groups is 1. The van der Waals surface area contributed by atoms with Gasteiger partial charge < -0.3 is 14.9 Å². The first kappa shape index (κ1) is 10.9. The van der Waals surface area contributed by atoms with Gasteiger partial charge in [0.2, 0.25) is 5.91 Å². The molecule has 0 aromatic carbocycles. The molecule has 1 unspecified atom stereocenters. The van der Waals surface area contributed by atoms with E-state index in [9.17, 15) is 4.79 Å². The molecule has 0 aromatic rings. The van der Waals surface area contributed by atoms with Crippen LogP contribution in [0.15, 0.2) is 0 Å². The predicted octanol–water partition coefficient (Wildman–Crippen LogP) is -0.0786. The van der Waals surface area contributed by atoms with Crippen molar-refractivity contribution in [2.75, 3.05) is 33.3 Å². The molecule has 2 rings (SSSR count). The van der Waals surface area contributed by atoms with E-state index < -0.39 is 0 Å². The van der Waals surface area contributed by atoms with E-state index >= 15 is 0 Å². The lowest BCUT2D eigenvalue weighted by Crippen LogP contribution is -2.56. The van der Waals surface area contributed by atoms with E-state index in [0.29, 0.717) is 24.4 Å². The van der Waals surface area contributed by atoms with Crippen LogP contribution in [-0.4, -0.2) is 60.1 Å². The summed E-state index contributed by atoms with van der Waals surface area (Å²) in [4.78, 5) is 15.9. The van der Waals surface area contributed by atoms with Crippen molar-refractivity contribution in [3.05, 3.63) is 0 Å². The average Bonchev–Trinajstić information content (AvgIpc) is 2.96. The molecule has 1 heterocycles. The molecule has 4 nitrogen and oxygen atoms in total. The van der Waals surface area contributed by atoms with Crippen LogP contribution in [0.1, 0.15) is 19.3 Å². The van der Waals surface area contributed by atoms with Crippen molar-refractivity contribution in [3.63, 3.8) is 0 Å². The Morgan fingerprint density at radius 1 is 1.47 bits per heavy atom. The van der Waals surface area contributed by atoms with Crippen molar-refractivity contribution in [3.8, 4) is 0 Å². The summed E-state index contributed by atoms with van der Waals surface area (Å²) in [7, 11) is 1.99. The molecule has 0 spiro atoms. The highest BCUT2D eigenvalue weighted by molar-refractivity contribution is 5.82. The van der Waals surface area contributed by atoms with Gasteiger partial charge in [-0.05, 0) is 26.3 Å². The fourth-order valence-corrected chi connectivity index (χ4v) is 2.11. The molecular weight excluding hydrogens is 192 g/mol. The van der Waals surface area contributed by atoms with Crippen LogP contribution in [0.2, 0.25) is 0 Å². The minimum atomic E-state index is 0.194. The first-order valence-electron chi connectivity index (χ1n) is 5.82. The Morgan fingerprint density at radius 2 is 2.20 bits per heavy atom. The second-order valence-electron chi connectivity index (χ2n) is 4.73. The lowest BCUT2D eigenvalue weighted by molar-refractivity contribution is -0.140. The summed E-state index contributed by atoms with van der Waals surface area (Å²) in [6, 6.07) is 0.398. The molecule has 1 aliphatic heterocycles. The third-order valence-electron chi connectivity index (χ3n) is 3.36. The van der Waals surface area contributed by atoms with E-state index in [1.165, 1.54) is 0 Å². The van der Waals surface area contributed by atoms with Crippen LogP contribution < -0.4 is 0 Å². The van der Waals surface area contributed by atoms with Crippen molar-refractivity contribution in [2.24, 2.45) is 5.92 Å². The summed E-state index contributed by atoms with van der Waals surface area (Å²) < 4.78 is 0. The zero-order valence-corrected chi connectivity index (χ0v) is 9.35. The summed E-state index contributed by atoms with van der Waals surface area (Å²) in [6.45, 7) is 2.73. The van der Waals surface area contributed by atoms with Crippen molar-refractivity contribution < 1.29 is 9.90 Å². The van der Waals surface area contributed by atoms with E-state index in [-0.39, 0.29) is 6.61 Å². The highest BCUT2D eigenvalue weighted by Crippen LogP contribution is 2.34. The fourth-order valence-electron chi connectivity index (χ4n) is 2.11. The van der Waals surface area contributed by atoms with Gasteiger partial charge in [-0.1, -0.05) is 0 Å². The second kappa shape index (κ2) is 4.49. The van der Waals surface area contributed by atoms with Gasteiger partial charge in [0.25, 0.3) is 0 Å². The topological polar surface area (TPSA) is 43.8 Å². The second-order valence-corrected chi connectivity index (χ2v) is 4.73. The van der Waals surface area contributed by atoms with Gasteiger partial charge in [0.1, 0.15) is 0 Å².